The van der Waals surface area contributed by atoms with Gasteiger partial charge in [0.2, 0.25) is 5.16 Å². The molecule has 3 rings (SSSR count). The highest BCUT2D eigenvalue weighted by atomic mass is 32.2. The quantitative estimate of drug-likeness (QED) is 0.680. The Morgan fingerprint density at radius 1 is 1.48 bits per heavy atom. The summed E-state index contributed by atoms with van der Waals surface area (Å²) in [6.07, 6.45) is 2.21. The first-order valence-corrected chi connectivity index (χ1v) is 7.36. The molecule has 0 atom stereocenters. The van der Waals surface area contributed by atoms with Gasteiger partial charge in [-0.3, -0.25) is 0 Å². The molecule has 0 aliphatic heterocycles. The molecule has 0 amide bonds. The number of nitrogen functional groups attached to an aromatic ring is 1. The number of benzene rings is 1. The molecule has 21 heavy (non-hydrogen) atoms. The van der Waals surface area contributed by atoms with Crippen molar-refractivity contribution in [3.05, 3.63) is 23.3 Å². The minimum absolute atomic E-state index is 0.366. The Bertz CT molecular complexity index is 696. The standard InChI is InChI=1S/C13H15N5O2S/c1-7-5-9(6-10(11(7)14)12(19)20-2)21-13-15-16-17-18(13)8-3-4-8/h5-6,8H,3-4,14H2,1-2H3. The normalized spacial score (nSPS) is 14.2. The van der Waals surface area contributed by atoms with Gasteiger partial charge < -0.3 is 10.5 Å². The molecule has 1 aromatic carbocycles. The number of hydrogen-bond donors (Lipinski definition) is 1. The molecule has 1 fully saturated rings. The monoisotopic (exact) mass is 305 g/mol. The van der Waals surface area contributed by atoms with Crippen LogP contribution in [0.3, 0.4) is 0 Å². The third-order valence-corrected chi connectivity index (χ3v) is 4.25. The molecule has 1 heterocycles. The molecule has 0 bridgehead atoms. The average molecular weight is 305 g/mol. The van der Waals surface area contributed by atoms with Gasteiger partial charge >= 0.3 is 5.97 Å². The van der Waals surface area contributed by atoms with Crippen LogP contribution in [0, 0.1) is 6.92 Å². The molecular weight excluding hydrogens is 290 g/mol. The SMILES string of the molecule is COC(=O)c1cc(Sc2nnnn2C2CC2)cc(C)c1N. The lowest BCUT2D eigenvalue weighted by Gasteiger charge is -2.10. The van der Waals surface area contributed by atoms with Crippen molar-refractivity contribution >= 4 is 23.4 Å². The van der Waals surface area contributed by atoms with Crippen LogP contribution in [0.5, 0.6) is 0 Å². The summed E-state index contributed by atoms with van der Waals surface area (Å²) in [5.41, 5.74) is 7.56. The molecular formula is C13H15N5O2S. The summed E-state index contributed by atoms with van der Waals surface area (Å²) >= 11 is 1.42. The molecule has 1 saturated carbocycles. The molecule has 1 aliphatic carbocycles. The summed E-state index contributed by atoms with van der Waals surface area (Å²) in [7, 11) is 1.34. The number of nitrogens with two attached hydrogens (primary N) is 1. The molecule has 0 saturated heterocycles. The molecule has 1 aromatic heterocycles. The number of ether oxygens (including phenoxy) is 1. The highest BCUT2D eigenvalue weighted by Gasteiger charge is 2.28. The van der Waals surface area contributed by atoms with Gasteiger partial charge in [0.15, 0.2) is 0 Å². The van der Waals surface area contributed by atoms with Crippen molar-refractivity contribution in [2.45, 2.75) is 35.9 Å². The van der Waals surface area contributed by atoms with Gasteiger partial charge in [-0.25, -0.2) is 9.48 Å². The van der Waals surface area contributed by atoms with Crippen molar-refractivity contribution < 1.29 is 9.53 Å². The summed E-state index contributed by atoms with van der Waals surface area (Å²) in [6.45, 7) is 1.86. The van der Waals surface area contributed by atoms with E-state index in [2.05, 4.69) is 15.5 Å². The Morgan fingerprint density at radius 3 is 2.90 bits per heavy atom. The lowest BCUT2D eigenvalue weighted by molar-refractivity contribution is 0.0601. The third-order valence-electron chi connectivity index (χ3n) is 3.33. The third kappa shape index (κ3) is 2.71. The number of aryl methyl sites for hydroxylation is 1. The van der Waals surface area contributed by atoms with Crippen molar-refractivity contribution in [2.75, 3.05) is 12.8 Å². The Hall–Kier alpha value is -2.09. The zero-order valence-electron chi connectivity index (χ0n) is 11.7. The predicted octanol–water partition coefficient (Wildman–Crippen LogP) is 1.84. The van der Waals surface area contributed by atoms with Crippen LogP contribution in [0.15, 0.2) is 22.2 Å². The zero-order chi connectivity index (χ0) is 15.0. The fraction of sp³-hybridized carbons (Fsp3) is 0.385. The highest BCUT2D eigenvalue weighted by molar-refractivity contribution is 7.99. The second-order valence-corrected chi connectivity index (χ2v) is 5.97. The van der Waals surface area contributed by atoms with E-state index in [9.17, 15) is 4.79 Å². The van der Waals surface area contributed by atoms with Crippen LogP contribution in [-0.2, 0) is 4.74 Å². The Balaban J connectivity index is 1.93. The highest BCUT2D eigenvalue weighted by Crippen LogP contribution is 2.38. The second kappa shape index (κ2) is 5.36. The molecule has 7 nitrogen and oxygen atoms in total. The number of nitrogens with zero attached hydrogens (tertiary/aromatic N) is 4. The molecule has 110 valence electrons. The lowest BCUT2D eigenvalue weighted by Crippen LogP contribution is -2.07. The number of esters is 1. The van der Waals surface area contributed by atoms with E-state index in [0.29, 0.717) is 17.3 Å². The van der Waals surface area contributed by atoms with E-state index in [1.807, 2.05) is 17.7 Å². The topological polar surface area (TPSA) is 95.9 Å². The van der Waals surface area contributed by atoms with Gasteiger partial charge in [0.05, 0.1) is 18.7 Å². The van der Waals surface area contributed by atoms with Crippen LogP contribution in [0.25, 0.3) is 0 Å². The Morgan fingerprint density at radius 2 is 2.24 bits per heavy atom. The fourth-order valence-electron chi connectivity index (χ4n) is 2.01. The van der Waals surface area contributed by atoms with Gasteiger partial charge in [0, 0.05) is 10.6 Å². The van der Waals surface area contributed by atoms with E-state index in [4.69, 9.17) is 10.5 Å². The predicted molar refractivity (Wildman–Crippen MR) is 77.1 cm³/mol. The number of methoxy groups -OCH3 is 1. The summed E-state index contributed by atoms with van der Waals surface area (Å²) in [5, 5.41) is 12.5. The minimum atomic E-state index is -0.445. The first kappa shape index (κ1) is 13.9. The summed E-state index contributed by atoms with van der Waals surface area (Å²) in [6, 6.07) is 4.03. The summed E-state index contributed by atoms with van der Waals surface area (Å²) in [4.78, 5) is 12.6. The van der Waals surface area contributed by atoms with Gasteiger partial charge in [0.25, 0.3) is 0 Å². The molecule has 2 N–H and O–H groups in total. The maximum Gasteiger partial charge on any atom is 0.340 e. The number of tetrazole rings is 1. The number of rotatable bonds is 4. The number of anilines is 1. The fourth-order valence-corrected chi connectivity index (χ4v) is 2.99. The molecule has 0 unspecified atom stereocenters. The van der Waals surface area contributed by atoms with Crippen LogP contribution in [-0.4, -0.2) is 33.3 Å². The van der Waals surface area contributed by atoms with E-state index < -0.39 is 5.97 Å². The van der Waals surface area contributed by atoms with Crippen LogP contribution in [0.1, 0.15) is 34.8 Å². The van der Waals surface area contributed by atoms with E-state index in [-0.39, 0.29) is 0 Å². The first-order valence-electron chi connectivity index (χ1n) is 6.54. The van der Waals surface area contributed by atoms with Gasteiger partial charge in [-0.2, -0.15) is 0 Å². The van der Waals surface area contributed by atoms with Gasteiger partial charge in [-0.1, -0.05) is 0 Å². The number of carbonyl (C=O) groups excluding carboxylic acids is 1. The van der Waals surface area contributed by atoms with Crippen LogP contribution in [0.2, 0.25) is 0 Å². The summed E-state index contributed by atoms with van der Waals surface area (Å²) in [5.74, 6) is -0.445. The Kier molecular flexibility index (Phi) is 3.54. The molecule has 2 aromatic rings. The average Bonchev–Trinajstić information content (AvgIpc) is 3.22. The smallest absolute Gasteiger partial charge is 0.340 e. The van der Waals surface area contributed by atoms with Crippen molar-refractivity contribution in [2.24, 2.45) is 0 Å². The summed E-state index contributed by atoms with van der Waals surface area (Å²) < 4.78 is 6.59. The number of aromatic nitrogens is 4. The lowest BCUT2D eigenvalue weighted by atomic mass is 10.1. The first-order chi connectivity index (χ1) is 10.1. The number of carbonyl (C=O) groups is 1. The minimum Gasteiger partial charge on any atom is -0.465 e. The zero-order valence-corrected chi connectivity index (χ0v) is 12.6. The largest absolute Gasteiger partial charge is 0.465 e. The van der Waals surface area contributed by atoms with Crippen molar-refractivity contribution in [3.8, 4) is 0 Å². The number of hydrogen-bond acceptors (Lipinski definition) is 7. The van der Waals surface area contributed by atoms with Crippen molar-refractivity contribution in [1.29, 1.82) is 0 Å². The van der Waals surface area contributed by atoms with Crippen LogP contribution in [0.4, 0.5) is 5.69 Å². The van der Waals surface area contributed by atoms with Crippen molar-refractivity contribution in [3.63, 3.8) is 0 Å². The van der Waals surface area contributed by atoms with E-state index >= 15 is 0 Å². The Labute approximate surface area is 125 Å². The maximum absolute atomic E-state index is 11.8. The molecule has 0 radical (unpaired) electrons. The molecule has 0 spiro atoms. The molecule has 1 aliphatic rings. The van der Waals surface area contributed by atoms with E-state index in [1.54, 1.807) is 6.07 Å². The second-order valence-electron chi connectivity index (χ2n) is 4.93. The van der Waals surface area contributed by atoms with Crippen LogP contribution >= 0.6 is 11.8 Å². The van der Waals surface area contributed by atoms with Gasteiger partial charge in [-0.05, 0) is 59.7 Å². The molecule has 8 heteroatoms. The van der Waals surface area contributed by atoms with Gasteiger partial charge in [-0.15, -0.1) is 5.10 Å². The maximum atomic E-state index is 11.8. The van der Waals surface area contributed by atoms with E-state index in [0.717, 1.165) is 28.5 Å². The van der Waals surface area contributed by atoms with Crippen LogP contribution < -0.4 is 5.73 Å². The van der Waals surface area contributed by atoms with Crippen molar-refractivity contribution in [1.82, 2.24) is 20.2 Å². The van der Waals surface area contributed by atoms with E-state index in [1.165, 1.54) is 18.9 Å². The van der Waals surface area contributed by atoms with Gasteiger partial charge in [0.1, 0.15) is 0 Å².